The number of carbonyl (C=O) groups excluding carboxylic acids is 1. The van der Waals surface area contributed by atoms with Crippen molar-refractivity contribution in [1.82, 2.24) is 0 Å². The molecule has 82 valence electrons. The maximum atomic E-state index is 11.0. The molecular weight excluding hydrogens is 196 g/mol. The Morgan fingerprint density at radius 2 is 2.07 bits per heavy atom. The van der Waals surface area contributed by atoms with E-state index >= 15 is 0 Å². The summed E-state index contributed by atoms with van der Waals surface area (Å²) in [7, 11) is 0. The zero-order chi connectivity index (χ0) is 11.4. The molecule has 4 heteroatoms. The zero-order valence-corrected chi connectivity index (χ0v) is 8.87. The maximum Gasteiger partial charge on any atom is 0.340 e. The van der Waals surface area contributed by atoms with Crippen LogP contribution in [0.4, 0.5) is 0 Å². The molecule has 1 N–H and O–H groups in total. The molecule has 1 aromatic heterocycles. The molecule has 0 radical (unpaired) electrons. The van der Waals surface area contributed by atoms with Crippen LogP contribution in [0.5, 0.6) is 0 Å². The molecule has 0 aliphatic rings. The predicted molar refractivity (Wildman–Crippen MR) is 54.4 cm³/mol. The van der Waals surface area contributed by atoms with Crippen LogP contribution < -0.4 is 0 Å². The van der Waals surface area contributed by atoms with E-state index in [2.05, 4.69) is 0 Å². The van der Waals surface area contributed by atoms with Gasteiger partial charge in [-0.1, -0.05) is 13.8 Å². The predicted octanol–water partition coefficient (Wildman–Crippen LogP) is 2.31. The summed E-state index contributed by atoms with van der Waals surface area (Å²) in [5.41, 5.74) is 0.220. The Bertz CT molecular complexity index is 376. The van der Waals surface area contributed by atoms with Crippen molar-refractivity contribution in [3.63, 3.8) is 0 Å². The Hall–Kier alpha value is -1.58. The monoisotopic (exact) mass is 210 g/mol. The summed E-state index contributed by atoms with van der Waals surface area (Å²) in [5, 5.41) is 8.99. The number of aromatic carboxylic acids is 1. The molecule has 15 heavy (non-hydrogen) atoms. The fourth-order valence-electron chi connectivity index (χ4n) is 1.57. The van der Waals surface area contributed by atoms with Gasteiger partial charge in [-0.2, -0.15) is 0 Å². The lowest BCUT2D eigenvalue weighted by Crippen LogP contribution is -2.03. The number of furan rings is 1. The molecule has 0 fully saturated rings. The van der Waals surface area contributed by atoms with Gasteiger partial charge in [0.15, 0.2) is 6.29 Å². The molecule has 0 bridgehead atoms. The van der Waals surface area contributed by atoms with Gasteiger partial charge in [-0.05, 0) is 6.42 Å². The van der Waals surface area contributed by atoms with E-state index in [4.69, 9.17) is 9.52 Å². The molecule has 0 spiro atoms. The Kier molecular flexibility index (Phi) is 3.66. The van der Waals surface area contributed by atoms with Crippen molar-refractivity contribution >= 4 is 12.3 Å². The van der Waals surface area contributed by atoms with Crippen molar-refractivity contribution < 1.29 is 19.1 Å². The van der Waals surface area contributed by atoms with Gasteiger partial charge in [0.25, 0.3) is 0 Å². The van der Waals surface area contributed by atoms with Gasteiger partial charge in [0.05, 0.1) is 5.56 Å². The zero-order valence-electron chi connectivity index (χ0n) is 8.87. The number of aryl methyl sites for hydroxylation is 2. The second-order valence-corrected chi connectivity index (χ2v) is 3.26. The second-order valence-electron chi connectivity index (χ2n) is 3.26. The SMILES string of the molecule is CCCc1oc(CC)c(C=O)c1C(=O)O. The lowest BCUT2D eigenvalue weighted by molar-refractivity contribution is 0.0692. The van der Waals surface area contributed by atoms with Crippen molar-refractivity contribution in [3.8, 4) is 0 Å². The fourth-order valence-corrected chi connectivity index (χ4v) is 1.57. The minimum absolute atomic E-state index is 0.0312. The number of hydrogen-bond donors (Lipinski definition) is 1. The summed E-state index contributed by atoms with van der Waals surface area (Å²) in [6.07, 6.45) is 2.42. The number of hydrogen-bond acceptors (Lipinski definition) is 3. The van der Waals surface area contributed by atoms with Crippen molar-refractivity contribution in [2.45, 2.75) is 33.1 Å². The summed E-state index contributed by atoms with van der Waals surface area (Å²) in [6.45, 7) is 3.76. The fraction of sp³-hybridized carbons (Fsp3) is 0.455. The van der Waals surface area contributed by atoms with Crippen LogP contribution in [0.1, 0.15) is 52.5 Å². The average Bonchev–Trinajstić information content (AvgIpc) is 2.56. The number of aldehydes is 1. The molecule has 0 amide bonds. The summed E-state index contributed by atoms with van der Waals surface area (Å²) >= 11 is 0. The van der Waals surface area contributed by atoms with Crippen LogP contribution in [-0.2, 0) is 12.8 Å². The summed E-state index contributed by atoms with van der Waals surface area (Å²) < 4.78 is 5.38. The first-order valence-corrected chi connectivity index (χ1v) is 4.98. The van der Waals surface area contributed by atoms with Gasteiger partial charge in [0, 0.05) is 12.8 Å². The highest BCUT2D eigenvalue weighted by atomic mass is 16.4. The van der Waals surface area contributed by atoms with Crippen LogP contribution in [0.3, 0.4) is 0 Å². The van der Waals surface area contributed by atoms with E-state index in [0.29, 0.717) is 30.6 Å². The molecule has 0 aromatic carbocycles. The normalized spacial score (nSPS) is 10.3. The van der Waals surface area contributed by atoms with Crippen LogP contribution in [0.2, 0.25) is 0 Å². The Morgan fingerprint density at radius 1 is 1.40 bits per heavy atom. The standard InChI is InChI=1S/C11H14O4/c1-3-5-9-10(11(13)14)7(6-12)8(4-2)15-9/h6H,3-5H2,1-2H3,(H,13,14). The lowest BCUT2D eigenvalue weighted by Gasteiger charge is -1.94. The van der Waals surface area contributed by atoms with E-state index in [-0.39, 0.29) is 11.1 Å². The van der Waals surface area contributed by atoms with Gasteiger partial charge < -0.3 is 9.52 Å². The van der Waals surface area contributed by atoms with Crippen LogP contribution in [0.25, 0.3) is 0 Å². The number of carboxylic acids is 1. The highest BCUT2D eigenvalue weighted by molar-refractivity contribution is 5.98. The summed E-state index contributed by atoms with van der Waals surface area (Å²) in [4.78, 5) is 21.8. The lowest BCUT2D eigenvalue weighted by atomic mass is 10.1. The highest BCUT2D eigenvalue weighted by Gasteiger charge is 2.23. The van der Waals surface area contributed by atoms with Crippen LogP contribution >= 0.6 is 0 Å². The van der Waals surface area contributed by atoms with E-state index < -0.39 is 5.97 Å². The van der Waals surface area contributed by atoms with E-state index in [0.717, 1.165) is 6.42 Å². The van der Waals surface area contributed by atoms with Crippen LogP contribution in [-0.4, -0.2) is 17.4 Å². The molecule has 1 aromatic rings. The Labute approximate surface area is 87.9 Å². The van der Waals surface area contributed by atoms with Crippen LogP contribution in [0.15, 0.2) is 4.42 Å². The molecule has 4 nitrogen and oxygen atoms in total. The van der Waals surface area contributed by atoms with Gasteiger partial charge in [-0.25, -0.2) is 4.79 Å². The topological polar surface area (TPSA) is 67.5 Å². The van der Waals surface area contributed by atoms with Crippen LogP contribution in [0, 0.1) is 0 Å². The molecule has 0 aliphatic carbocycles. The minimum atomic E-state index is -1.09. The van der Waals surface area contributed by atoms with E-state index in [1.165, 1.54) is 0 Å². The van der Waals surface area contributed by atoms with Gasteiger partial charge >= 0.3 is 5.97 Å². The largest absolute Gasteiger partial charge is 0.478 e. The molecule has 0 aliphatic heterocycles. The quantitative estimate of drug-likeness (QED) is 0.757. The second kappa shape index (κ2) is 4.77. The first-order chi connectivity index (χ1) is 7.15. The summed E-state index contributed by atoms with van der Waals surface area (Å²) in [5.74, 6) is -0.223. The molecule has 0 unspecified atom stereocenters. The van der Waals surface area contributed by atoms with Crippen molar-refractivity contribution in [1.29, 1.82) is 0 Å². The highest BCUT2D eigenvalue weighted by Crippen LogP contribution is 2.23. The smallest absolute Gasteiger partial charge is 0.340 e. The molecule has 0 saturated carbocycles. The first-order valence-electron chi connectivity index (χ1n) is 4.98. The summed E-state index contributed by atoms with van der Waals surface area (Å²) in [6, 6.07) is 0. The maximum absolute atomic E-state index is 11.0. The number of carboxylic acid groups (broad SMARTS) is 1. The third kappa shape index (κ3) is 2.09. The van der Waals surface area contributed by atoms with E-state index in [1.54, 1.807) is 0 Å². The first kappa shape index (κ1) is 11.5. The molecular formula is C11H14O4. The van der Waals surface area contributed by atoms with Crippen molar-refractivity contribution in [2.75, 3.05) is 0 Å². The number of carbonyl (C=O) groups is 2. The average molecular weight is 210 g/mol. The minimum Gasteiger partial charge on any atom is -0.478 e. The Balaban J connectivity index is 3.32. The molecule has 1 rings (SSSR count). The third-order valence-corrected chi connectivity index (χ3v) is 2.22. The molecule has 0 saturated heterocycles. The Morgan fingerprint density at radius 3 is 2.47 bits per heavy atom. The van der Waals surface area contributed by atoms with Gasteiger partial charge in [0.2, 0.25) is 0 Å². The third-order valence-electron chi connectivity index (χ3n) is 2.22. The van der Waals surface area contributed by atoms with Crippen molar-refractivity contribution in [2.24, 2.45) is 0 Å². The number of rotatable bonds is 5. The van der Waals surface area contributed by atoms with Gasteiger partial charge in [0.1, 0.15) is 17.1 Å². The van der Waals surface area contributed by atoms with E-state index in [9.17, 15) is 9.59 Å². The molecule has 0 atom stereocenters. The molecule has 1 heterocycles. The van der Waals surface area contributed by atoms with Gasteiger partial charge in [-0.3, -0.25) is 4.79 Å². The van der Waals surface area contributed by atoms with Crippen molar-refractivity contribution in [3.05, 3.63) is 22.6 Å². The van der Waals surface area contributed by atoms with Gasteiger partial charge in [-0.15, -0.1) is 0 Å². The van der Waals surface area contributed by atoms with E-state index in [1.807, 2.05) is 13.8 Å².